The fourth-order valence-electron chi connectivity index (χ4n) is 2.80. The Kier molecular flexibility index (Phi) is 4.41. The summed E-state index contributed by atoms with van der Waals surface area (Å²) in [5.74, 6) is 0.801. The number of aromatic nitrogens is 1. The van der Waals surface area contributed by atoms with Gasteiger partial charge >= 0.3 is 6.03 Å². The molecule has 0 aliphatic carbocycles. The first-order chi connectivity index (χ1) is 12.7. The van der Waals surface area contributed by atoms with E-state index >= 15 is 0 Å². The number of fused-ring (bicyclic) bond motifs is 2. The van der Waals surface area contributed by atoms with Crippen LogP contribution in [0.4, 0.5) is 15.6 Å². The Morgan fingerprint density at radius 3 is 2.81 bits per heavy atom. The average molecular weight is 363 g/mol. The Labute approximate surface area is 154 Å². The predicted molar refractivity (Wildman–Crippen MR) is 107 cm³/mol. The zero-order valence-electron chi connectivity index (χ0n) is 14.2. The van der Waals surface area contributed by atoms with Gasteiger partial charge in [0.1, 0.15) is 5.75 Å². The van der Waals surface area contributed by atoms with E-state index in [0.29, 0.717) is 11.7 Å². The molecular weight excluding hydrogens is 346 g/mol. The van der Waals surface area contributed by atoms with Crippen molar-refractivity contribution in [2.24, 2.45) is 0 Å². The number of amides is 2. The first-order valence-corrected chi connectivity index (χ1v) is 9.14. The van der Waals surface area contributed by atoms with Gasteiger partial charge in [0.05, 0.1) is 22.5 Å². The molecule has 2 amide bonds. The van der Waals surface area contributed by atoms with Crippen molar-refractivity contribution in [3.05, 3.63) is 60.7 Å². The molecule has 0 bridgehead atoms. The van der Waals surface area contributed by atoms with Gasteiger partial charge < -0.3 is 10.1 Å². The second kappa shape index (κ2) is 7.01. The number of carbonyl (C=O) groups excluding carboxylic acids is 1. The minimum atomic E-state index is -0.314. The molecule has 2 N–H and O–H groups in total. The summed E-state index contributed by atoms with van der Waals surface area (Å²) in [6.07, 6.45) is 0. The second-order valence-corrected chi connectivity index (χ2v) is 6.72. The topological polar surface area (TPSA) is 63.2 Å². The molecule has 4 aromatic rings. The number of urea groups is 1. The van der Waals surface area contributed by atoms with Crippen LogP contribution < -0.4 is 15.4 Å². The standard InChI is InChI=1S/C20H17N3O2S/c1-2-25-14-10-11-17-18(12-14)26-20(22-17)23-19(24)21-16-9-5-7-13-6-3-4-8-15(13)16/h3-12H,2H2,1H3,(H2,21,22,23,24). The van der Waals surface area contributed by atoms with E-state index in [0.717, 1.165) is 32.4 Å². The van der Waals surface area contributed by atoms with E-state index in [9.17, 15) is 4.79 Å². The molecule has 5 nitrogen and oxygen atoms in total. The van der Waals surface area contributed by atoms with Crippen molar-refractivity contribution >= 4 is 49.2 Å². The zero-order chi connectivity index (χ0) is 17.9. The molecule has 0 aliphatic heterocycles. The molecule has 0 spiro atoms. The van der Waals surface area contributed by atoms with Gasteiger partial charge in [0.2, 0.25) is 0 Å². The number of hydrogen-bond donors (Lipinski definition) is 2. The lowest BCUT2D eigenvalue weighted by molar-refractivity contribution is 0.262. The van der Waals surface area contributed by atoms with Crippen molar-refractivity contribution in [3.8, 4) is 5.75 Å². The van der Waals surface area contributed by atoms with Crippen LogP contribution in [-0.2, 0) is 0 Å². The summed E-state index contributed by atoms with van der Waals surface area (Å²) in [5.41, 5.74) is 1.60. The molecule has 1 aromatic heterocycles. The number of nitrogens with one attached hydrogen (secondary N) is 2. The van der Waals surface area contributed by atoms with Gasteiger partial charge in [-0.2, -0.15) is 0 Å². The number of nitrogens with zero attached hydrogens (tertiary/aromatic N) is 1. The van der Waals surface area contributed by atoms with E-state index in [4.69, 9.17) is 4.74 Å². The fourth-order valence-corrected chi connectivity index (χ4v) is 3.69. The minimum absolute atomic E-state index is 0.314. The molecular formula is C20H17N3O2S. The molecule has 26 heavy (non-hydrogen) atoms. The van der Waals surface area contributed by atoms with Crippen LogP contribution >= 0.6 is 11.3 Å². The van der Waals surface area contributed by atoms with Gasteiger partial charge in [-0.1, -0.05) is 47.7 Å². The number of hydrogen-bond acceptors (Lipinski definition) is 4. The second-order valence-electron chi connectivity index (χ2n) is 5.69. The molecule has 1 heterocycles. The number of ether oxygens (including phenoxy) is 1. The molecule has 0 atom stereocenters. The Hall–Kier alpha value is -3.12. The van der Waals surface area contributed by atoms with Crippen LogP contribution in [-0.4, -0.2) is 17.6 Å². The van der Waals surface area contributed by atoms with Crippen LogP contribution in [0.2, 0.25) is 0 Å². The molecule has 0 radical (unpaired) electrons. The van der Waals surface area contributed by atoms with Gasteiger partial charge in [0.25, 0.3) is 0 Å². The SMILES string of the molecule is CCOc1ccc2nc(NC(=O)Nc3cccc4ccccc34)sc2c1. The van der Waals surface area contributed by atoms with E-state index in [1.165, 1.54) is 11.3 Å². The first kappa shape index (κ1) is 16.4. The molecule has 0 aliphatic rings. The highest BCUT2D eigenvalue weighted by atomic mass is 32.1. The summed E-state index contributed by atoms with van der Waals surface area (Å²) < 4.78 is 6.47. The lowest BCUT2D eigenvalue weighted by Gasteiger charge is -2.08. The Balaban J connectivity index is 1.53. The molecule has 3 aromatic carbocycles. The fraction of sp³-hybridized carbons (Fsp3) is 0.100. The maximum absolute atomic E-state index is 12.4. The maximum atomic E-state index is 12.4. The number of rotatable bonds is 4. The summed E-state index contributed by atoms with van der Waals surface area (Å²) in [7, 11) is 0. The maximum Gasteiger partial charge on any atom is 0.325 e. The zero-order valence-corrected chi connectivity index (χ0v) is 15.0. The largest absolute Gasteiger partial charge is 0.494 e. The van der Waals surface area contributed by atoms with Crippen molar-refractivity contribution in [3.63, 3.8) is 0 Å². The summed E-state index contributed by atoms with van der Waals surface area (Å²) >= 11 is 1.42. The summed E-state index contributed by atoms with van der Waals surface area (Å²) in [6, 6.07) is 19.1. The van der Waals surface area contributed by atoms with Gasteiger partial charge in [-0.15, -0.1) is 0 Å². The molecule has 130 valence electrons. The van der Waals surface area contributed by atoms with E-state index in [2.05, 4.69) is 15.6 Å². The van der Waals surface area contributed by atoms with E-state index in [1.807, 2.05) is 67.6 Å². The van der Waals surface area contributed by atoms with Crippen molar-refractivity contribution in [2.75, 3.05) is 17.2 Å². The molecule has 6 heteroatoms. The van der Waals surface area contributed by atoms with Crippen LogP contribution in [0.5, 0.6) is 5.75 Å². The van der Waals surface area contributed by atoms with Crippen molar-refractivity contribution < 1.29 is 9.53 Å². The number of benzene rings is 3. The van der Waals surface area contributed by atoms with Crippen LogP contribution in [0.1, 0.15) is 6.92 Å². The highest BCUT2D eigenvalue weighted by Crippen LogP contribution is 2.29. The third kappa shape index (κ3) is 3.32. The van der Waals surface area contributed by atoms with Crippen LogP contribution in [0.3, 0.4) is 0 Å². The molecule has 0 saturated carbocycles. The number of thiazole rings is 1. The average Bonchev–Trinajstić information content (AvgIpc) is 3.03. The van der Waals surface area contributed by atoms with E-state index in [-0.39, 0.29) is 6.03 Å². The smallest absolute Gasteiger partial charge is 0.325 e. The van der Waals surface area contributed by atoms with Crippen molar-refractivity contribution in [2.45, 2.75) is 6.92 Å². The summed E-state index contributed by atoms with van der Waals surface area (Å²) in [5, 5.41) is 8.34. The lowest BCUT2D eigenvalue weighted by Crippen LogP contribution is -2.19. The third-order valence-corrected chi connectivity index (χ3v) is 4.86. The first-order valence-electron chi connectivity index (χ1n) is 8.32. The molecule has 4 rings (SSSR count). The van der Waals surface area contributed by atoms with Gasteiger partial charge in [-0.3, -0.25) is 5.32 Å². The van der Waals surface area contributed by atoms with Gasteiger partial charge in [-0.05, 0) is 36.6 Å². The van der Waals surface area contributed by atoms with Crippen LogP contribution in [0, 0.1) is 0 Å². The molecule has 0 saturated heterocycles. The van der Waals surface area contributed by atoms with Crippen molar-refractivity contribution in [1.82, 2.24) is 4.98 Å². The molecule has 0 unspecified atom stereocenters. The van der Waals surface area contributed by atoms with E-state index in [1.54, 1.807) is 0 Å². The lowest BCUT2D eigenvalue weighted by atomic mass is 10.1. The Morgan fingerprint density at radius 1 is 1.08 bits per heavy atom. The molecule has 0 fully saturated rings. The quantitative estimate of drug-likeness (QED) is 0.504. The van der Waals surface area contributed by atoms with Gasteiger partial charge in [0.15, 0.2) is 5.13 Å². The van der Waals surface area contributed by atoms with Crippen molar-refractivity contribution in [1.29, 1.82) is 0 Å². The summed E-state index contributed by atoms with van der Waals surface area (Å²) in [6.45, 7) is 2.56. The summed E-state index contributed by atoms with van der Waals surface area (Å²) in [4.78, 5) is 16.8. The van der Waals surface area contributed by atoms with Gasteiger partial charge in [0, 0.05) is 5.39 Å². The number of carbonyl (C=O) groups is 1. The van der Waals surface area contributed by atoms with Crippen LogP contribution in [0.15, 0.2) is 60.7 Å². The Morgan fingerprint density at radius 2 is 1.92 bits per heavy atom. The van der Waals surface area contributed by atoms with Gasteiger partial charge in [-0.25, -0.2) is 9.78 Å². The number of anilines is 2. The Bertz CT molecular complexity index is 1090. The van der Waals surface area contributed by atoms with Crippen LogP contribution in [0.25, 0.3) is 21.0 Å². The monoisotopic (exact) mass is 363 g/mol. The highest BCUT2D eigenvalue weighted by Gasteiger charge is 2.10. The normalized spacial score (nSPS) is 10.8. The minimum Gasteiger partial charge on any atom is -0.494 e. The third-order valence-electron chi connectivity index (χ3n) is 3.93. The predicted octanol–water partition coefficient (Wildman–Crippen LogP) is 5.49. The van der Waals surface area contributed by atoms with E-state index < -0.39 is 0 Å². The highest BCUT2D eigenvalue weighted by molar-refractivity contribution is 7.22.